The molecule has 0 saturated heterocycles. The second-order valence-corrected chi connectivity index (χ2v) is 11.8. The molecular formula is C28H25O2PS. The van der Waals surface area contributed by atoms with Crippen molar-refractivity contribution in [3.05, 3.63) is 121 Å². The van der Waals surface area contributed by atoms with Crippen LogP contribution in [0.25, 0.3) is 0 Å². The van der Waals surface area contributed by atoms with Gasteiger partial charge in [0, 0.05) is 4.90 Å². The summed E-state index contributed by atoms with van der Waals surface area (Å²) in [5.74, 6) is -0.258. The molecular weight excluding hydrogens is 431 g/mol. The first-order chi connectivity index (χ1) is 15.8. The van der Waals surface area contributed by atoms with Crippen molar-refractivity contribution in [2.45, 2.75) is 11.8 Å². The first kappa shape index (κ1) is 22.2. The largest absolute Gasteiger partial charge is 0.462 e. The lowest BCUT2D eigenvalue weighted by molar-refractivity contribution is -0.134. The molecule has 0 heterocycles. The molecule has 0 bridgehead atoms. The van der Waals surface area contributed by atoms with Gasteiger partial charge in [-0.05, 0) is 41.9 Å². The maximum Gasteiger partial charge on any atom is 0.345 e. The number of carbonyl (C=O) groups excluding carboxylic acids is 1. The van der Waals surface area contributed by atoms with E-state index in [9.17, 15) is 4.79 Å². The molecule has 4 aromatic carbocycles. The summed E-state index contributed by atoms with van der Waals surface area (Å²) in [4.78, 5) is 14.7. The van der Waals surface area contributed by atoms with Gasteiger partial charge in [-0.15, -0.1) is 0 Å². The first-order valence-electron chi connectivity index (χ1n) is 10.6. The van der Waals surface area contributed by atoms with Gasteiger partial charge in [0.05, 0.1) is 6.61 Å². The summed E-state index contributed by atoms with van der Waals surface area (Å²) in [7, 11) is 0. The minimum atomic E-state index is -2.51. The molecule has 0 saturated carbocycles. The molecule has 4 aromatic rings. The highest BCUT2D eigenvalue weighted by Gasteiger charge is 2.34. The maximum absolute atomic E-state index is 13.7. The van der Waals surface area contributed by atoms with Gasteiger partial charge in [-0.1, -0.05) is 121 Å². The number of rotatable bonds is 7. The Kier molecular flexibility index (Phi) is 7.32. The van der Waals surface area contributed by atoms with E-state index in [2.05, 4.69) is 36.4 Å². The zero-order chi connectivity index (χ0) is 22.2. The quantitative estimate of drug-likeness (QED) is 0.210. The van der Waals surface area contributed by atoms with Crippen LogP contribution in [-0.4, -0.2) is 17.2 Å². The van der Waals surface area contributed by atoms with E-state index in [4.69, 9.17) is 4.74 Å². The predicted octanol–water partition coefficient (Wildman–Crippen LogP) is 5.47. The fraction of sp³-hybridized carbons (Fsp3) is 0.0714. The van der Waals surface area contributed by atoms with Gasteiger partial charge in [-0.25, -0.2) is 4.79 Å². The molecule has 0 spiro atoms. The van der Waals surface area contributed by atoms with E-state index < -0.39 is 6.89 Å². The van der Waals surface area contributed by atoms with Crippen LogP contribution in [0.2, 0.25) is 0 Å². The Morgan fingerprint density at radius 1 is 0.656 bits per heavy atom. The van der Waals surface area contributed by atoms with Gasteiger partial charge < -0.3 is 4.74 Å². The van der Waals surface area contributed by atoms with E-state index in [1.807, 2.05) is 91.9 Å². The molecule has 0 radical (unpaired) electrons. The van der Waals surface area contributed by atoms with Crippen LogP contribution in [-0.2, 0) is 9.53 Å². The van der Waals surface area contributed by atoms with Crippen molar-refractivity contribution in [1.29, 1.82) is 0 Å². The Hall–Kier alpha value is -3.00. The van der Waals surface area contributed by atoms with Crippen molar-refractivity contribution in [3.63, 3.8) is 0 Å². The molecule has 4 heteroatoms. The third-order valence-electron chi connectivity index (χ3n) is 5.14. The van der Waals surface area contributed by atoms with Crippen molar-refractivity contribution in [2.75, 3.05) is 6.61 Å². The topological polar surface area (TPSA) is 26.3 Å². The monoisotopic (exact) mass is 456 g/mol. The Bertz CT molecular complexity index is 1100. The van der Waals surface area contributed by atoms with Crippen LogP contribution in [0.15, 0.2) is 126 Å². The molecule has 0 aliphatic heterocycles. The first-order valence-corrected chi connectivity index (χ1v) is 13.2. The molecule has 0 aliphatic carbocycles. The van der Waals surface area contributed by atoms with Crippen molar-refractivity contribution in [1.82, 2.24) is 0 Å². The number of benzene rings is 4. The standard InChI is InChI=1S/C28H25O2PS/c1-2-30-27(29)28(32-26-21-13-6-14-22-26)31(23-15-7-3-8-16-23,24-17-9-4-10-18-24)25-19-11-5-12-20-25/h3-22H,2H2,1H3. The van der Waals surface area contributed by atoms with Crippen LogP contribution < -0.4 is 15.9 Å². The molecule has 0 aromatic heterocycles. The van der Waals surface area contributed by atoms with Crippen molar-refractivity contribution in [3.8, 4) is 0 Å². The highest BCUT2D eigenvalue weighted by molar-refractivity contribution is 8.27. The number of thioether (sulfide) groups is 1. The Morgan fingerprint density at radius 2 is 1.03 bits per heavy atom. The summed E-state index contributed by atoms with van der Waals surface area (Å²) in [5, 5.41) is 3.39. The third-order valence-corrected chi connectivity index (χ3v) is 11.1. The number of carbonyl (C=O) groups is 1. The minimum Gasteiger partial charge on any atom is -0.462 e. The molecule has 160 valence electrons. The highest BCUT2D eigenvalue weighted by Crippen LogP contribution is 2.50. The molecule has 0 atom stereocenters. The summed E-state index contributed by atoms with van der Waals surface area (Å²) < 4.78 is 6.41. The van der Waals surface area contributed by atoms with E-state index in [1.165, 1.54) is 11.8 Å². The zero-order valence-corrected chi connectivity index (χ0v) is 19.6. The predicted molar refractivity (Wildman–Crippen MR) is 139 cm³/mol. The fourth-order valence-corrected chi connectivity index (χ4v) is 10.1. The average molecular weight is 457 g/mol. The van der Waals surface area contributed by atoms with Gasteiger partial charge >= 0.3 is 5.97 Å². The molecule has 0 N–H and O–H groups in total. The summed E-state index contributed by atoms with van der Waals surface area (Å²) in [6.07, 6.45) is 0. The van der Waals surface area contributed by atoms with Crippen LogP contribution in [0.4, 0.5) is 0 Å². The summed E-state index contributed by atoms with van der Waals surface area (Å²) in [6.45, 7) is -0.323. The van der Waals surface area contributed by atoms with Crippen molar-refractivity contribution < 1.29 is 9.53 Å². The summed E-state index contributed by atoms with van der Waals surface area (Å²) >= 11 is 1.52. The Morgan fingerprint density at radius 3 is 1.41 bits per heavy atom. The molecule has 0 fully saturated rings. The van der Waals surface area contributed by atoms with Gasteiger partial charge in [0.15, 0.2) is 0 Å². The van der Waals surface area contributed by atoms with E-state index in [1.54, 1.807) is 0 Å². The second kappa shape index (κ2) is 10.5. The number of ether oxygens (including phenoxy) is 1. The van der Waals surface area contributed by atoms with Crippen LogP contribution in [0.5, 0.6) is 0 Å². The van der Waals surface area contributed by atoms with E-state index in [0.717, 1.165) is 25.4 Å². The van der Waals surface area contributed by atoms with E-state index in [0.29, 0.717) is 6.61 Å². The zero-order valence-electron chi connectivity index (χ0n) is 17.9. The van der Waals surface area contributed by atoms with Crippen LogP contribution >= 0.6 is 18.6 Å². The van der Waals surface area contributed by atoms with Crippen LogP contribution in [0.1, 0.15) is 6.92 Å². The SMILES string of the molecule is CCOC(=O)C(Sc1ccccc1)=P(c1ccccc1)(c1ccccc1)c1ccccc1. The van der Waals surface area contributed by atoms with Gasteiger partial charge in [0.25, 0.3) is 0 Å². The molecule has 32 heavy (non-hydrogen) atoms. The average Bonchev–Trinajstić information content (AvgIpc) is 2.87. The van der Waals surface area contributed by atoms with Gasteiger partial charge in [0.1, 0.15) is 4.63 Å². The Labute approximate surface area is 194 Å². The third kappa shape index (κ3) is 4.46. The molecule has 0 unspecified atom stereocenters. The lowest BCUT2D eigenvalue weighted by Gasteiger charge is -2.31. The van der Waals surface area contributed by atoms with Crippen molar-refractivity contribution >= 4 is 45.2 Å². The minimum absolute atomic E-state index is 0.258. The summed E-state index contributed by atoms with van der Waals surface area (Å²) in [5.41, 5.74) is 0. The fourth-order valence-electron chi connectivity index (χ4n) is 3.79. The van der Waals surface area contributed by atoms with Gasteiger partial charge in [0.2, 0.25) is 0 Å². The normalized spacial score (nSPS) is 11.0. The number of hydrogen-bond donors (Lipinski definition) is 0. The van der Waals surface area contributed by atoms with Gasteiger partial charge in [-0.2, -0.15) is 0 Å². The molecule has 0 amide bonds. The molecule has 4 rings (SSSR count). The smallest absolute Gasteiger partial charge is 0.345 e. The number of hydrogen-bond acceptors (Lipinski definition) is 3. The second-order valence-electron chi connectivity index (χ2n) is 7.12. The maximum atomic E-state index is 13.7. The molecule has 2 nitrogen and oxygen atoms in total. The van der Waals surface area contributed by atoms with Gasteiger partial charge in [-0.3, -0.25) is 0 Å². The van der Waals surface area contributed by atoms with E-state index in [-0.39, 0.29) is 5.97 Å². The summed E-state index contributed by atoms with van der Waals surface area (Å²) in [6, 6.07) is 41.2. The van der Waals surface area contributed by atoms with Crippen LogP contribution in [0, 0.1) is 0 Å². The lowest BCUT2D eigenvalue weighted by atomic mass is 10.4. The van der Waals surface area contributed by atoms with Crippen molar-refractivity contribution in [2.24, 2.45) is 0 Å². The highest BCUT2D eigenvalue weighted by atomic mass is 32.2. The molecule has 0 aliphatic rings. The Balaban J connectivity index is 2.18. The van der Waals surface area contributed by atoms with Crippen LogP contribution in [0.3, 0.4) is 0 Å². The number of esters is 1. The lowest BCUT2D eigenvalue weighted by Crippen LogP contribution is -2.33. The van der Waals surface area contributed by atoms with E-state index >= 15 is 0 Å².